The molecule has 6 nitrogen and oxygen atoms in total. The number of anilines is 1. The van der Waals surface area contributed by atoms with E-state index in [9.17, 15) is 9.59 Å². The minimum absolute atomic E-state index is 0.000308. The van der Waals surface area contributed by atoms with Gasteiger partial charge in [0.25, 0.3) is 5.91 Å². The van der Waals surface area contributed by atoms with Gasteiger partial charge in [-0.1, -0.05) is 6.07 Å². The summed E-state index contributed by atoms with van der Waals surface area (Å²) in [4.78, 5) is 28.4. The Morgan fingerprint density at radius 1 is 1.19 bits per heavy atom. The van der Waals surface area contributed by atoms with Crippen LogP contribution < -0.4 is 15.0 Å². The first-order chi connectivity index (χ1) is 12.6. The standard InChI is InChI=1S/C20H29N3O3/c1-16-6-7-18-17(14-16)23(20(25)15-26-18)13-8-19(24)21-9-2-3-10-22-11-4-5-12-22/h6-7,14H,2-5,8-13,15H2,1H3,(H,21,24). The number of hydrogen-bond donors (Lipinski definition) is 1. The summed E-state index contributed by atoms with van der Waals surface area (Å²) in [5.74, 6) is 0.610. The number of hydrogen-bond acceptors (Lipinski definition) is 4. The maximum atomic E-state index is 12.2. The van der Waals surface area contributed by atoms with Gasteiger partial charge in [0.1, 0.15) is 5.75 Å². The third kappa shape index (κ3) is 4.97. The molecule has 0 radical (unpaired) electrons. The van der Waals surface area contributed by atoms with Crippen molar-refractivity contribution < 1.29 is 14.3 Å². The SMILES string of the molecule is Cc1ccc2c(c1)N(CCC(=O)NCCCCN1CCCC1)C(=O)CO2. The van der Waals surface area contributed by atoms with Crippen LogP contribution in [0.4, 0.5) is 5.69 Å². The number of ether oxygens (including phenoxy) is 1. The second-order valence-electron chi connectivity index (χ2n) is 7.16. The Morgan fingerprint density at radius 2 is 2.00 bits per heavy atom. The third-order valence-electron chi connectivity index (χ3n) is 5.04. The molecule has 2 heterocycles. The molecule has 1 fully saturated rings. The highest BCUT2D eigenvalue weighted by Crippen LogP contribution is 2.32. The van der Waals surface area contributed by atoms with Gasteiger partial charge >= 0.3 is 0 Å². The zero-order chi connectivity index (χ0) is 18.4. The lowest BCUT2D eigenvalue weighted by atomic mass is 10.1. The van der Waals surface area contributed by atoms with Crippen molar-refractivity contribution in [3.05, 3.63) is 23.8 Å². The Balaban J connectivity index is 1.38. The Morgan fingerprint density at radius 3 is 2.81 bits per heavy atom. The molecule has 0 atom stereocenters. The van der Waals surface area contributed by atoms with Crippen molar-refractivity contribution in [3.63, 3.8) is 0 Å². The fourth-order valence-corrected chi connectivity index (χ4v) is 3.55. The summed E-state index contributed by atoms with van der Waals surface area (Å²) in [5.41, 5.74) is 1.83. The highest BCUT2D eigenvalue weighted by Gasteiger charge is 2.25. The smallest absolute Gasteiger partial charge is 0.265 e. The van der Waals surface area contributed by atoms with Crippen molar-refractivity contribution in [3.8, 4) is 5.75 Å². The zero-order valence-corrected chi connectivity index (χ0v) is 15.6. The van der Waals surface area contributed by atoms with Gasteiger partial charge in [-0.2, -0.15) is 0 Å². The number of amides is 2. The summed E-state index contributed by atoms with van der Waals surface area (Å²) in [7, 11) is 0. The number of fused-ring (bicyclic) bond motifs is 1. The first-order valence-electron chi connectivity index (χ1n) is 9.66. The molecular formula is C20H29N3O3. The van der Waals surface area contributed by atoms with Crippen LogP contribution in [0.25, 0.3) is 0 Å². The van der Waals surface area contributed by atoms with E-state index in [1.54, 1.807) is 4.90 Å². The third-order valence-corrected chi connectivity index (χ3v) is 5.04. The van der Waals surface area contributed by atoms with Gasteiger partial charge in [0.2, 0.25) is 5.91 Å². The zero-order valence-electron chi connectivity index (χ0n) is 15.6. The first kappa shape index (κ1) is 18.7. The van der Waals surface area contributed by atoms with E-state index >= 15 is 0 Å². The molecule has 2 aliphatic rings. The van der Waals surface area contributed by atoms with E-state index in [1.165, 1.54) is 25.9 Å². The van der Waals surface area contributed by atoms with Gasteiger partial charge in [-0.3, -0.25) is 9.59 Å². The van der Waals surface area contributed by atoms with Crippen LogP contribution in [0.5, 0.6) is 5.75 Å². The van der Waals surface area contributed by atoms with Crippen LogP contribution in [0, 0.1) is 6.92 Å². The fourth-order valence-electron chi connectivity index (χ4n) is 3.55. The number of nitrogens with zero attached hydrogens (tertiary/aromatic N) is 2. The second kappa shape index (κ2) is 9.03. The molecule has 1 N–H and O–H groups in total. The van der Waals surface area contributed by atoms with Crippen molar-refractivity contribution in [2.45, 2.75) is 39.0 Å². The van der Waals surface area contributed by atoms with E-state index in [2.05, 4.69) is 10.2 Å². The molecule has 0 spiro atoms. The Bertz CT molecular complexity index is 641. The predicted molar refractivity (Wildman–Crippen MR) is 102 cm³/mol. The molecule has 1 aromatic carbocycles. The van der Waals surface area contributed by atoms with Gasteiger partial charge < -0.3 is 19.9 Å². The molecule has 0 bridgehead atoms. The molecule has 1 saturated heterocycles. The van der Waals surface area contributed by atoms with Crippen molar-refractivity contribution in [2.75, 3.05) is 44.2 Å². The van der Waals surface area contributed by atoms with Gasteiger partial charge in [-0.15, -0.1) is 0 Å². The van der Waals surface area contributed by atoms with E-state index in [-0.39, 0.29) is 18.4 Å². The van der Waals surface area contributed by atoms with E-state index in [0.717, 1.165) is 30.6 Å². The number of carbonyl (C=O) groups excluding carboxylic acids is 2. The lowest BCUT2D eigenvalue weighted by Gasteiger charge is -2.29. The van der Waals surface area contributed by atoms with Crippen molar-refractivity contribution in [2.24, 2.45) is 0 Å². The predicted octanol–water partition coefficient (Wildman–Crippen LogP) is 2.10. The Labute approximate surface area is 155 Å². The molecule has 3 rings (SSSR count). The molecule has 1 aromatic rings. The Hall–Kier alpha value is -2.08. The number of rotatable bonds is 8. The molecule has 26 heavy (non-hydrogen) atoms. The van der Waals surface area contributed by atoms with Crippen molar-refractivity contribution in [1.82, 2.24) is 10.2 Å². The number of benzene rings is 1. The van der Waals surface area contributed by atoms with E-state index in [0.29, 0.717) is 25.3 Å². The Kier molecular flexibility index (Phi) is 6.50. The van der Waals surface area contributed by atoms with E-state index in [4.69, 9.17) is 4.74 Å². The lowest BCUT2D eigenvalue weighted by molar-refractivity contribution is -0.122. The summed E-state index contributed by atoms with van der Waals surface area (Å²) in [5, 5.41) is 2.97. The number of unbranched alkanes of at least 4 members (excludes halogenated alkanes) is 1. The van der Waals surface area contributed by atoms with Gasteiger partial charge in [-0.25, -0.2) is 0 Å². The van der Waals surface area contributed by atoms with Gasteiger partial charge in [0.15, 0.2) is 6.61 Å². The summed E-state index contributed by atoms with van der Waals surface area (Å²) in [6.45, 7) is 6.69. The van der Waals surface area contributed by atoms with Crippen LogP contribution in [-0.2, 0) is 9.59 Å². The second-order valence-corrected chi connectivity index (χ2v) is 7.16. The normalized spacial score (nSPS) is 17.1. The van der Waals surface area contributed by atoms with E-state index in [1.807, 2.05) is 25.1 Å². The van der Waals surface area contributed by atoms with Crippen LogP contribution >= 0.6 is 0 Å². The molecule has 142 valence electrons. The summed E-state index contributed by atoms with van der Waals surface area (Å²) in [6, 6.07) is 5.77. The molecule has 6 heteroatoms. The summed E-state index contributed by atoms with van der Waals surface area (Å²) < 4.78 is 5.47. The summed E-state index contributed by atoms with van der Waals surface area (Å²) in [6.07, 6.45) is 5.07. The number of aryl methyl sites for hydroxylation is 1. The minimum Gasteiger partial charge on any atom is -0.482 e. The van der Waals surface area contributed by atoms with Gasteiger partial charge in [-0.05, 0) is 69.9 Å². The molecule has 2 aliphatic heterocycles. The van der Waals surface area contributed by atoms with Gasteiger partial charge in [0.05, 0.1) is 5.69 Å². The average molecular weight is 359 g/mol. The monoisotopic (exact) mass is 359 g/mol. The molecule has 0 unspecified atom stereocenters. The van der Waals surface area contributed by atoms with Crippen molar-refractivity contribution >= 4 is 17.5 Å². The number of nitrogens with one attached hydrogen (secondary N) is 1. The highest BCUT2D eigenvalue weighted by atomic mass is 16.5. The molecule has 0 aliphatic carbocycles. The van der Waals surface area contributed by atoms with Crippen LogP contribution in [-0.4, -0.2) is 56.0 Å². The molecule has 0 aromatic heterocycles. The quantitative estimate of drug-likeness (QED) is 0.722. The van der Waals surface area contributed by atoms with Crippen LogP contribution in [0.2, 0.25) is 0 Å². The minimum atomic E-state index is -0.0958. The fraction of sp³-hybridized carbons (Fsp3) is 0.600. The lowest BCUT2D eigenvalue weighted by Crippen LogP contribution is -2.41. The topological polar surface area (TPSA) is 61.9 Å². The van der Waals surface area contributed by atoms with Crippen molar-refractivity contribution in [1.29, 1.82) is 0 Å². The molecule has 2 amide bonds. The van der Waals surface area contributed by atoms with Crippen LogP contribution in [0.1, 0.15) is 37.7 Å². The number of carbonyl (C=O) groups is 2. The largest absolute Gasteiger partial charge is 0.482 e. The number of likely N-dealkylation sites (tertiary alicyclic amines) is 1. The van der Waals surface area contributed by atoms with Crippen LogP contribution in [0.15, 0.2) is 18.2 Å². The van der Waals surface area contributed by atoms with Gasteiger partial charge in [0, 0.05) is 19.5 Å². The highest BCUT2D eigenvalue weighted by molar-refractivity contribution is 5.98. The first-order valence-corrected chi connectivity index (χ1v) is 9.66. The maximum absolute atomic E-state index is 12.2. The van der Waals surface area contributed by atoms with E-state index < -0.39 is 0 Å². The maximum Gasteiger partial charge on any atom is 0.265 e. The van der Waals surface area contributed by atoms with Crippen LogP contribution in [0.3, 0.4) is 0 Å². The molecule has 0 saturated carbocycles. The molecular weight excluding hydrogens is 330 g/mol. The average Bonchev–Trinajstić information content (AvgIpc) is 3.14. The summed E-state index contributed by atoms with van der Waals surface area (Å²) >= 11 is 0.